The average molecular weight is 326 g/mol. The third-order valence-electron chi connectivity index (χ3n) is 3.62. The van der Waals surface area contributed by atoms with E-state index in [0.29, 0.717) is 17.8 Å². The molecule has 0 saturated heterocycles. The van der Waals surface area contributed by atoms with Crippen LogP contribution < -0.4 is 0 Å². The van der Waals surface area contributed by atoms with Crippen LogP contribution in [0.4, 0.5) is 4.39 Å². The van der Waals surface area contributed by atoms with E-state index in [1.165, 1.54) is 6.07 Å². The topological polar surface area (TPSA) is 46.0 Å². The van der Waals surface area contributed by atoms with Crippen molar-refractivity contribution >= 4 is 6.08 Å². The van der Waals surface area contributed by atoms with Crippen LogP contribution in [0.25, 0.3) is 17.5 Å². The molecule has 0 fully saturated rings. The molecule has 0 spiro atoms. The minimum Gasteiger partial charge on any atom is -0.393 e. The van der Waals surface area contributed by atoms with Gasteiger partial charge in [-0.2, -0.15) is 0 Å². The minimum atomic E-state index is -0.336. The molecular formula is C20H23FN2O. The summed E-state index contributed by atoms with van der Waals surface area (Å²) < 4.78 is 14.3. The van der Waals surface area contributed by atoms with E-state index in [1.807, 2.05) is 18.2 Å². The molecule has 0 aliphatic carbocycles. The van der Waals surface area contributed by atoms with Gasteiger partial charge in [-0.3, -0.25) is 0 Å². The number of aliphatic hydroxyl groups is 1. The van der Waals surface area contributed by atoms with Crippen molar-refractivity contribution in [3.63, 3.8) is 0 Å². The van der Waals surface area contributed by atoms with Crippen LogP contribution in [0.15, 0.2) is 49.3 Å². The van der Waals surface area contributed by atoms with Crippen molar-refractivity contribution in [3.05, 3.63) is 66.3 Å². The van der Waals surface area contributed by atoms with Crippen LogP contribution >= 0.6 is 0 Å². The fraction of sp³-hybridized carbons (Fsp3) is 0.300. The second-order valence-electron chi connectivity index (χ2n) is 5.83. The lowest BCUT2D eigenvalue weighted by molar-refractivity contribution is 0.182. The molecular weight excluding hydrogens is 303 g/mol. The first kappa shape index (κ1) is 18.0. The summed E-state index contributed by atoms with van der Waals surface area (Å²) in [6, 6.07) is 5.04. The van der Waals surface area contributed by atoms with Gasteiger partial charge >= 0.3 is 0 Å². The summed E-state index contributed by atoms with van der Waals surface area (Å²) in [5, 5.41) is 9.20. The minimum absolute atomic E-state index is 0.270. The molecule has 1 atom stereocenters. The molecule has 0 radical (unpaired) electrons. The van der Waals surface area contributed by atoms with Crippen molar-refractivity contribution in [2.24, 2.45) is 0 Å². The number of nitrogens with zero attached hydrogens (tertiary/aromatic N) is 2. The van der Waals surface area contributed by atoms with E-state index in [0.717, 1.165) is 30.4 Å². The molecule has 1 aromatic heterocycles. The lowest BCUT2D eigenvalue weighted by Gasteiger charge is -2.04. The monoisotopic (exact) mass is 326 g/mol. The Morgan fingerprint density at radius 2 is 2.04 bits per heavy atom. The van der Waals surface area contributed by atoms with E-state index < -0.39 is 0 Å². The van der Waals surface area contributed by atoms with Crippen LogP contribution in [-0.2, 0) is 6.42 Å². The van der Waals surface area contributed by atoms with Gasteiger partial charge in [-0.25, -0.2) is 14.4 Å². The van der Waals surface area contributed by atoms with E-state index >= 15 is 0 Å². The number of unbranched alkanes of at least 4 members (excludes halogenated alkanes) is 1. The Bertz CT molecular complexity index is 693. The Morgan fingerprint density at radius 3 is 2.67 bits per heavy atom. The van der Waals surface area contributed by atoms with Crippen molar-refractivity contribution < 1.29 is 9.50 Å². The van der Waals surface area contributed by atoms with Crippen molar-refractivity contribution in [2.75, 3.05) is 0 Å². The number of aliphatic hydroxyl groups excluding tert-OH is 1. The zero-order chi connectivity index (χ0) is 17.4. The highest BCUT2D eigenvalue weighted by Crippen LogP contribution is 2.21. The van der Waals surface area contributed by atoms with Gasteiger partial charge in [0.15, 0.2) is 5.82 Å². The van der Waals surface area contributed by atoms with Gasteiger partial charge in [0, 0.05) is 12.4 Å². The summed E-state index contributed by atoms with van der Waals surface area (Å²) >= 11 is 0. The highest BCUT2D eigenvalue weighted by Gasteiger charge is 2.08. The lowest BCUT2D eigenvalue weighted by Crippen LogP contribution is -1.97. The molecule has 2 aromatic rings. The summed E-state index contributed by atoms with van der Waals surface area (Å²) in [4.78, 5) is 8.44. The van der Waals surface area contributed by atoms with Crippen LogP contribution in [0.3, 0.4) is 0 Å². The Hall–Kier alpha value is -2.33. The maximum atomic E-state index is 14.3. The normalized spacial score (nSPS) is 12.5. The fourth-order valence-corrected chi connectivity index (χ4v) is 2.33. The highest BCUT2D eigenvalue weighted by molar-refractivity contribution is 5.60. The molecule has 3 nitrogen and oxygen atoms in total. The first-order chi connectivity index (χ1) is 11.6. The molecule has 0 amide bonds. The van der Waals surface area contributed by atoms with Gasteiger partial charge < -0.3 is 5.11 Å². The zero-order valence-electron chi connectivity index (χ0n) is 14.0. The van der Waals surface area contributed by atoms with E-state index in [1.54, 1.807) is 31.5 Å². The molecule has 1 heterocycles. The van der Waals surface area contributed by atoms with Gasteiger partial charge in [-0.1, -0.05) is 24.3 Å². The van der Waals surface area contributed by atoms with Crippen LogP contribution in [0, 0.1) is 5.82 Å². The summed E-state index contributed by atoms with van der Waals surface area (Å²) in [6.45, 7) is 5.45. The van der Waals surface area contributed by atoms with Crippen LogP contribution in [0.5, 0.6) is 0 Å². The summed E-state index contributed by atoms with van der Waals surface area (Å²) in [5.41, 5.74) is 2.15. The van der Waals surface area contributed by atoms with Crippen LogP contribution in [0.1, 0.15) is 37.3 Å². The molecule has 0 aliphatic rings. The van der Waals surface area contributed by atoms with E-state index in [4.69, 9.17) is 0 Å². The first-order valence-corrected chi connectivity index (χ1v) is 8.16. The molecule has 4 heteroatoms. The zero-order valence-corrected chi connectivity index (χ0v) is 14.0. The maximum absolute atomic E-state index is 14.3. The van der Waals surface area contributed by atoms with Gasteiger partial charge in [-0.05, 0) is 55.9 Å². The molecule has 1 N–H and O–H groups in total. The highest BCUT2D eigenvalue weighted by atomic mass is 19.1. The quantitative estimate of drug-likeness (QED) is 0.571. The largest absolute Gasteiger partial charge is 0.393 e. The van der Waals surface area contributed by atoms with Gasteiger partial charge in [0.2, 0.25) is 0 Å². The average Bonchev–Trinajstić information content (AvgIpc) is 2.56. The van der Waals surface area contributed by atoms with Crippen molar-refractivity contribution in [3.8, 4) is 11.4 Å². The standard InChI is InChI=1S/C20H23FN2O/c1-3-7-17-13-22-20(23-14-17)18-11-10-16(12-19(18)21)9-6-4-5-8-15(2)24/h3,6,9-15,24H,1,4-5,7-8H2,2H3/b9-6+. The smallest absolute Gasteiger partial charge is 0.162 e. The van der Waals surface area contributed by atoms with Gasteiger partial charge in [-0.15, -0.1) is 6.58 Å². The fourth-order valence-electron chi connectivity index (χ4n) is 2.33. The Kier molecular flexibility index (Phi) is 6.82. The van der Waals surface area contributed by atoms with E-state index in [-0.39, 0.29) is 11.9 Å². The Balaban J connectivity index is 2.03. The number of hydrogen-bond acceptors (Lipinski definition) is 3. The number of allylic oxidation sites excluding steroid dienone is 2. The number of rotatable bonds is 8. The predicted octanol–water partition coefficient (Wildman–Crippen LogP) is 4.58. The molecule has 0 bridgehead atoms. The number of hydrogen-bond donors (Lipinski definition) is 1. The predicted molar refractivity (Wildman–Crippen MR) is 95.9 cm³/mol. The molecule has 24 heavy (non-hydrogen) atoms. The molecule has 0 aliphatic heterocycles. The SMILES string of the molecule is C=CCc1cnc(-c2ccc(/C=C/CCCC(C)O)cc2F)nc1. The molecule has 1 unspecified atom stereocenters. The van der Waals surface area contributed by atoms with Crippen molar-refractivity contribution in [2.45, 2.75) is 38.7 Å². The van der Waals surface area contributed by atoms with Gasteiger partial charge in [0.25, 0.3) is 0 Å². The second kappa shape index (κ2) is 9.08. The van der Waals surface area contributed by atoms with Crippen molar-refractivity contribution in [1.82, 2.24) is 9.97 Å². The van der Waals surface area contributed by atoms with Crippen molar-refractivity contribution in [1.29, 1.82) is 0 Å². The molecule has 126 valence electrons. The first-order valence-electron chi connectivity index (χ1n) is 8.16. The maximum Gasteiger partial charge on any atom is 0.162 e. The summed E-state index contributed by atoms with van der Waals surface area (Å²) in [5.74, 6) is 0.0466. The van der Waals surface area contributed by atoms with Gasteiger partial charge in [0.1, 0.15) is 5.82 Å². The second-order valence-corrected chi connectivity index (χ2v) is 5.83. The summed E-state index contributed by atoms with van der Waals surface area (Å²) in [6.07, 6.45) is 12.0. The third kappa shape index (κ3) is 5.39. The third-order valence-corrected chi connectivity index (χ3v) is 3.62. The van der Waals surface area contributed by atoms with Crippen LogP contribution in [-0.4, -0.2) is 21.2 Å². The van der Waals surface area contributed by atoms with E-state index in [2.05, 4.69) is 16.5 Å². The Morgan fingerprint density at radius 1 is 1.29 bits per heavy atom. The van der Waals surface area contributed by atoms with E-state index in [9.17, 15) is 9.50 Å². The molecule has 2 rings (SSSR count). The number of aromatic nitrogens is 2. The summed E-state index contributed by atoms with van der Waals surface area (Å²) in [7, 11) is 0. The lowest BCUT2D eigenvalue weighted by atomic mass is 10.1. The molecule has 0 saturated carbocycles. The number of benzene rings is 1. The Labute approximate surface area is 142 Å². The van der Waals surface area contributed by atoms with Gasteiger partial charge in [0.05, 0.1) is 11.7 Å². The van der Waals surface area contributed by atoms with Crippen LogP contribution in [0.2, 0.25) is 0 Å². The molecule has 1 aromatic carbocycles. The number of halogens is 1.